The molecular weight excluding hydrogens is 671 g/mol. The van der Waals surface area contributed by atoms with Gasteiger partial charge in [0.15, 0.2) is 0 Å². The molecule has 0 saturated carbocycles. The van der Waals surface area contributed by atoms with Gasteiger partial charge >= 0.3 is 49.5 Å². The van der Waals surface area contributed by atoms with Gasteiger partial charge in [-0.25, -0.2) is 0 Å². The molecule has 0 fully saturated rings. The Hall–Kier alpha value is -0.486. The predicted octanol–water partition coefficient (Wildman–Crippen LogP) is 11.1. The molecule has 242 valence electrons. The van der Waals surface area contributed by atoms with E-state index < -0.39 is 7.81 Å². The molecule has 3 aromatic rings. The molecule has 2 aromatic carbocycles. The smallest absolute Gasteiger partial charge is 0.0620 e. The average molecular weight is 719 g/mol. The van der Waals surface area contributed by atoms with E-state index in [1.54, 1.807) is 0 Å². The first-order valence-corrected chi connectivity index (χ1v) is 20.9. The Kier molecular flexibility index (Phi) is 17.1. The molecule has 0 unspecified atom stereocenters. The van der Waals surface area contributed by atoms with Gasteiger partial charge in [-0.3, -0.25) is 0 Å². The second kappa shape index (κ2) is 17.3. The number of aromatic nitrogens is 1. The molecule has 0 aliphatic heterocycles. The third-order valence-electron chi connectivity index (χ3n) is 6.42. The Balaban J connectivity index is 0.000000678. The zero-order chi connectivity index (χ0) is 31.5. The standard InChI is InChI=1S/C18H34NP2.C12H11P.F6P.Ni/c1-13(2)20(14(3)4)11-17-9-10-18(19-17)12-21(15(5)6)16(7)8;1-3-7-11(8-4-1)13-12-9-5-2-6-10-12;1-7(2,3,4,5)6;/h9-10,13-16H,11-12H2,1-8H3;1-10,13H;;/q-1;;-1;+2/p+3. The van der Waals surface area contributed by atoms with Crippen LogP contribution >= 0.6 is 32.2 Å². The van der Waals surface area contributed by atoms with Crippen LogP contribution in [0, 0.1) is 0 Å². The number of benzene rings is 2. The van der Waals surface area contributed by atoms with Crippen molar-refractivity contribution in [3.8, 4) is 0 Å². The van der Waals surface area contributed by atoms with Crippen LogP contribution < -0.4 is 15.6 Å². The Bertz CT molecular complexity index is 1040. The molecule has 0 aliphatic carbocycles. The van der Waals surface area contributed by atoms with Crippen LogP contribution in [-0.2, 0) is 28.8 Å². The van der Waals surface area contributed by atoms with Crippen molar-refractivity contribution in [2.75, 3.05) is 0 Å². The van der Waals surface area contributed by atoms with E-state index in [0.717, 1.165) is 22.6 Å². The molecule has 0 bridgehead atoms. The number of hydrogen-bond acceptors (Lipinski definition) is 0. The van der Waals surface area contributed by atoms with Crippen molar-refractivity contribution in [3.63, 3.8) is 0 Å². The van der Waals surface area contributed by atoms with Gasteiger partial charge in [0, 0.05) is 15.8 Å². The van der Waals surface area contributed by atoms with Crippen LogP contribution in [0.2, 0.25) is 0 Å². The molecule has 0 spiro atoms. The van der Waals surface area contributed by atoms with E-state index >= 15 is 0 Å². The molecule has 12 heteroatoms. The van der Waals surface area contributed by atoms with Crippen molar-refractivity contribution in [3.05, 3.63) is 84.2 Å². The summed E-state index contributed by atoms with van der Waals surface area (Å²) >= 11 is 0. The molecule has 1 nitrogen and oxygen atoms in total. The summed E-state index contributed by atoms with van der Waals surface area (Å²) in [6, 6.07) is 25.9. The van der Waals surface area contributed by atoms with Gasteiger partial charge in [0.1, 0.15) is 0 Å². The molecule has 0 amide bonds. The van der Waals surface area contributed by atoms with Crippen LogP contribution in [0.25, 0.3) is 0 Å². The summed E-state index contributed by atoms with van der Waals surface area (Å²) in [5, 5.41) is 2.90. The SMILES string of the molecule is CC(C)[PH+](Cc1ccc(C[PH+](C(C)C)C(C)C)[n-]1)C(C)C.F[P-](F)(F)(F)(F)F.[Ni+2].c1ccc([PH2+]c2ccccc2)cc1. The van der Waals surface area contributed by atoms with Gasteiger partial charge in [-0.15, -0.1) is 11.4 Å². The van der Waals surface area contributed by atoms with E-state index in [4.69, 9.17) is 4.98 Å². The normalized spacial score (nSPS) is 13.3. The summed E-state index contributed by atoms with van der Waals surface area (Å²) in [6.07, 6.45) is 2.48. The monoisotopic (exact) mass is 718 g/mol. The van der Waals surface area contributed by atoms with Crippen molar-refractivity contribution in [2.45, 2.75) is 90.3 Å². The van der Waals surface area contributed by atoms with Gasteiger partial charge < -0.3 is 4.98 Å². The fraction of sp³-hybridized carbons (Fsp3) is 0.467. The van der Waals surface area contributed by atoms with Crippen LogP contribution in [0.15, 0.2) is 72.8 Å². The van der Waals surface area contributed by atoms with Gasteiger partial charge in [-0.05, 0) is 79.7 Å². The van der Waals surface area contributed by atoms with Crippen molar-refractivity contribution < 1.29 is 41.7 Å². The zero-order valence-corrected chi connectivity index (χ0v) is 30.7. The summed E-state index contributed by atoms with van der Waals surface area (Å²) in [5.74, 6) is 0. The molecule has 0 radical (unpaired) electrons. The maximum absolute atomic E-state index is 10.7. The zero-order valence-electron chi connectivity index (χ0n) is 25.7. The second-order valence-corrected chi connectivity index (χ2v) is 22.6. The molecular formula is C30H48F6NNiP4+3. The van der Waals surface area contributed by atoms with Gasteiger partial charge in [-0.2, -0.15) is 0 Å². The molecule has 0 atom stereocenters. The summed E-state index contributed by atoms with van der Waals surface area (Å²) < 4.78 is 59.2. The third-order valence-corrected chi connectivity index (χ3v) is 15.3. The average Bonchev–Trinajstić information content (AvgIpc) is 3.27. The molecule has 1 aromatic heterocycles. The minimum Gasteiger partial charge on any atom is -0.0620 e. The molecule has 0 saturated heterocycles. The van der Waals surface area contributed by atoms with E-state index in [1.165, 1.54) is 34.3 Å². The van der Waals surface area contributed by atoms with E-state index in [-0.39, 0.29) is 40.9 Å². The van der Waals surface area contributed by atoms with Crippen LogP contribution in [0.5, 0.6) is 0 Å². The molecule has 1 heterocycles. The first-order valence-electron chi connectivity index (χ1n) is 14.0. The number of nitrogens with zero attached hydrogens (tertiary/aromatic N) is 1. The molecule has 3 rings (SSSR count). The summed E-state index contributed by atoms with van der Waals surface area (Å²) in [7, 11) is -11.1. The Morgan fingerprint density at radius 1 is 0.548 bits per heavy atom. The van der Waals surface area contributed by atoms with Gasteiger partial charge in [0.2, 0.25) is 0 Å². The Morgan fingerprint density at radius 3 is 1.05 bits per heavy atom. The number of hydrogen-bond donors (Lipinski definition) is 0. The predicted molar refractivity (Wildman–Crippen MR) is 180 cm³/mol. The van der Waals surface area contributed by atoms with Crippen LogP contribution in [0.4, 0.5) is 25.2 Å². The van der Waals surface area contributed by atoms with Gasteiger partial charge in [-0.1, -0.05) is 48.5 Å². The molecule has 42 heavy (non-hydrogen) atoms. The summed E-state index contributed by atoms with van der Waals surface area (Å²) in [5.41, 5.74) is 6.05. The largest absolute Gasteiger partial charge is 2.00 e. The van der Waals surface area contributed by atoms with Crippen molar-refractivity contribution in [2.24, 2.45) is 0 Å². The molecule has 0 N–H and O–H groups in total. The first-order chi connectivity index (χ1) is 18.6. The second-order valence-electron chi connectivity index (χ2n) is 11.5. The van der Waals surface area contributed by atoms with Crippen molar-refractivity contribution >= 4 is 42.8 Å². The minimum absolute atomic E-state index is 0. The van der Waals surface area contributed by atoms with Crippen molar-refractivity contribution in [1.82, 2.24) is 4.98 Å². The minimum atomic E-state index is -10.7. The van der Waals surface area contributed by atoms with Crippen molar-refractivity contribution in [1.29, 1.82) is 0 Å². The summed E-state index contributed by atoms with van der Waals surface area (Å²) in [6.45, 7) is 19.1. The van der Waals surface area contributed by atoms with E-state index in [9.17, 15) is 25.2 Å². The van der Waals surface area contributed by atoms with Crippen LogP contribution in [0.3, 0.4) is 0 Å². The fourth-order valence-corrected chi connectivity index (χ4v) is 11.3. The quantitative estimate of drug-likeness (QED) is 0.116. The Morgan fingerprint density at radius 2 is 0.810 bits per heavy atom. The summed E-state index contributed by atoms with van der Waals surface area (Å²) in [4.78, 5) is 4.97. The fourth-order valence-electron chi connectivity index (χ4n) is 4.51. The number of rotatable bonds is 10. The van der Waals surface area contributed by atoms with Crippen LogP contribution in [0.1, 0.15) is 66.8 Å². The maximum Gasteiger partial charge on any atom is 2.00 e. The Labute approximate surface area is 263 Å². The third kappa shape index (κ3) is 21.3. The maximum atomic E-state index is 9.87. The van der Waals surface area contributed by atoms with Gasteiger partial charge in [0.05, 0.1) is 54.1 Å². The van der Waals surface area contributed by atoms with Gasteiger partial charge in [0.25, 0.3) is 0 Å². The van der Waals surface area contributed by atoms with E-state index in [2.05, 4.69) is 128 Å². The van der Waals surface area contributed by atoms with E-state index in [0.29, 0.717) is 0 Å². The molecule has 0 aliphatic rings. The van der Waals surface area contributed by atoms with Crippen LogP contribution in [-0.4, -0.2) is 22.6 Å². The van der Waals surface area contributed by atoms with E-state index in [1.807, 2.05) is 0 Å². The first kappa shape index (κ1) is 41.5. The number of halogens is 6. The topological polar surface area (TPSA) is 14.1 Å².